The van der Waals surface area contributed by atoms with E-state index in [0.717, 1.165) is 5.82 Å². The molecule has 0 spiro atoms. The van der Waals surface area contributed by atoms with Crippen LogP contribution in [-0.4, -0.2) is 33.6 Å². The van der Waals surface area contributed by atoms with Gasteiger partial charge in [0.05, 0.1) is 6.04 Å². The van der Waals surface area contributed by atoms with Gasteiger partial charge in [-0.2, -0.15) is 0 Å². The van der Waals surface area contributed by atoms with Gasteiger partial charge in [-0.3, -0.25) is 4.79 Å². The van der Waals surface area contributed by atoms with Gasteiger partial charge < -0.3 is 9.88 Å². The van der Waals surface area contributed by atoms with Crippen molar-refractivity contribution in [3.63, 3.8) is 0 Å². The van der Waals surface area contributed by atoms with Crippen LogP contribution in [0, 0.1) is 6.92 Å². The van der Waals surface area contributed by atoms with Crippen LogP contribution >= 0.6 is 0 Å². The van der Waals surface area contributed by atoms with Crippen molar-refractivity contribution >= 4 is 5.78 Å². The summed E-state index contributed by atoms with van der Waals surface area (Å²) in [6, 6.07) is -0.220. The van der Waals surface area contributed by atoms with E-state index in [9.17, 15) is 4.79 Å². The van der Waals surface area contributed by atoms with E-state index >= 15 is 0 Å². The maximum Gasteiger partial charge on any atom is 0.216 e. The van der Waals surface area contributed by atoms with Crippen molar-refractivity contribution < 1.29 is 4.79 Å². The molecule has 72 valence electrons. The summed E-state index contributed by atoms with van der Waals surface area (Å²) in [6.07, 6.45) is 0. The summed E-state index contributed by atoms with van der Waals surface area (Å²) in [5, 5.41) is 10.5. The maximum atomic E-state index is 11.6. The van der Waals surface area contributed by atoms with Crippen molar-refractivity contribution in [2.75, 3.05) is 7.05 Å². The average Bonchev–Trinajstić information content (AvgIpc) is 2.45. The fourth-order valence-electron chi connectivity index (χ4n) is 0.946. The van der Waals surface area contributed by atoms with Gasteiger partial charge in [-0.15, -0.1) is 10.2 Å². The number of carbonyl (C=O) groups excluding carboxylic acids is 1. The highest BCUT2D eigenvalue weighted by Gasteiger charge is 2.19. The summed E-state index contributed by atoms with van der Waals surface area (Å²) in [6.45, 7) is 3.61. The summed E-state index contributed by atoms with van der Waals surface area (Å²) in [5.41, 5.74) is 0. The molecule has 1 atom stereocenters. The van der Waals surface area contributed by atoms with E-state index in [1.54, 1.807) is 25.6 Å². The van der Waals surface area contributed by atoms with Crippen molar-refractivity contribution in [2.45, 2.75) is 19.9 Å². The third kappa shape index (κ3) is 1.75. The Morgan fingerprint density at radius 3 is 2.54 bits per heavy atom. The zero-order valence-corrected chi connectivity index (χ0v) is 8.33. The van der Waals surface area contributed by atoms with Crippen molar-refractivity contribution in [1.29, 1.82) is 0 Å². The van der Waals surface area contributed by atoms with Crippen LogP contribution < -0.4 is 5.32 Å². The first-order valence-electron chi connectivity index (χ1n) is 4.15. The predicted octanol–water partition coefficient (Wildman–Crippen LogP) is -0.0859. The Balaban J connectivity index is 2.95. The number of hydrogen-bond donors (Lipinski definition) is 1. The van der Waals surface area contributed by atoms with Crippen molar-refractivity contribution in [1.82, 2.24) is 20.1 Å². The molecule has 0 saturated heterocycles. The fourth-order valence-corrected chi connectivity index (χ4v) is 0.946. The fraction of sp³-hybridized carbons (Fsp3) is 0.625. The summed E-state index contributed by atoms with van der Waals surface area (Å²) < 4.78 is 1.69. The molecule has 0 aliphatic rings. The Kier molecular flexibility index (Phi) is 2.77. The van der Waals surface area contributed by atoms with Crippen molar-refractivity contribution in [3.8, 4) is 0 Å². The molecule has 1 N–H and O–H groups in total. The second-order valence-corrected chi connectivity index (χ2v) is 3.00. The number of aromatic nitrogens is 3. The number of Topliss-reactive ketones (excluding diaryl/α,β-unsaturated/α-hetero) is 1. The lowest BCUT2D eigenvalue weighted by atomic mass is 10.2. The number of aryl methyl sites for hydroxylation is 1. The number of ketones is 1. The first kappa shape index (κ1) is 9.85. The zero-order chi connectivity index (χ0) is 10.0. The third-order valence-electron chi connectivity index (χ3n) is 2.14. The van der Waals surface area contributed by atoms with Crippen LogP contribution in [0.2, 0.25) is 0 Å². The zero-order valence-electron chi connectivity index (χ0n) is 8.33. The molecule has 0 aliphatic heterocycles. The number of nitrogens with one attached hydrogen (secondary N) is 1. The highest BCUT2D eigenvalue weighted by atomic mass is 16.1. The summed E-state index contributed by atoms with van der Waals surface area (Å²) >= 11 is 0. The van der Waals surface area contributed by atoms with Gasteiger partial charge in [-0.1, -0.05) is 0 Å². The molecule has 1 unspecified atom stereocenters. The van der Waals surface area contributed by atoms with E-state index in [4.69, 9.17) is 0 Å². The molecule has 0 amide bonds. The van der Waals surface area contributed by atoms with Gasteiger partial charge >= 0.3 is 0 Å². The van der Waals surface area contributed by atoms with Crippen molar-refractivity contribution in [3.05, 3.63) is 11.6 Å². The molecule has 0 aliphatic carbocycles. The Hall–Kier alpha value is -1.23. The smallest absolute Gasteiger partial charge is 0.216 e. The van der Waals surface area contributed by atoms with Gasteiger partial charge in [0.1, 0.15) is 5.82 Å². The molecule has 0 fully saturated rings. The lowest BCUT2D eigenvalue weighted by molar-refractivity contribution is 0.0941. The lowest BCUT2D eigenvalue weighted by Gasteiger charge is -2.07. The molecule has 0 bridgehead atoms. The van der Waals surface area contributed by atoms with Gasteiger partial charge in [-0.05, 0) is 20.9 Å². The molecule has 1 heterocycles. The minimum Gasteiger partial charge on any atom is -0.312 e. The second kappa shape index (κ2) is 3.66. The minimum absolute atomic E-state index is 0.0365. The van der Waals surface area contributed by atoms with Crippen LogP contribution in [0.1, 0.15) is 23.4 Å². The first-order valence-corrected chi connectivity index (χ1v) is 4.15. The molecular formula is C8H14N4O. The summed E-state index contributed by atoms with van der Waals surface area (Å²) in [5.74, 6) is 1.11. The van der Waals surface area contributed by atoms with Gasteiger partial charge in [-0.25, -0.2) is 0 Å². The van der Waals surface area contributed by atoms with Gasteiger partial charge in [0.15, 0.2) is 0 Å². The van der Waals surface area contributed by atoms with Crippen LogP contribution in [0.5, 0.6) is 0 Å². The highest BCUT2D eigenvalue weighted by molar-refractivity contribution is 5.96. The monoisotopic (exact) mass is 182 g/mol. The van der Waals surface area contributed by atoms with E-state index < -0.39 is 0 Å². The van der Waals surface area contributed by atoms with Crippen LogP contribution in [-0.2, 0) is 7.05 Å². The normalized spacial score (nSPS) is 12.9. The molecule has 13 heavy (non-hydrogen) atoms. The Bertz CT molecular complexity index is 318. The van der Waals surface area contributed by atoms with Gasteiger partial charge in [0.2, 0.25) is 11.6 Å². The van der Waals surface area contributed by atoms with E-state index in [1.807, 2.05) is 6.92 Å². The minimum atomic E-state index is -0.220. The quantitative estimate of drug-likeness (QED) is 0.664. The Labute approximate surface area is 77.2 Å². The molecule has 1 rings (SSSR count). The lowest BCUT2D eigenvalue weighted by Crippen LogP contribution is -2.32. The van der Waals surface area contributed by atoms with Crippen LogP contribution in [0.15, 0.2) is 0 Å². The predicted molar refractivity (Wildman–Crippen MR) is 48.6 cm³/mol. The van der Waals surface area contributed by atoms with Gasteiger partial charge in [0.25, 0.3) is 0 Å². The van der Waals surface area contributed by atoms with Crippen LogP contribution in [0.4, 0.5) is 0 Å². The molecule has 1 aromatic heterocycles. The van der Waals surface area contributed by atoms with E-state index in [2.05, 4.69) is 15.5 Å². The van der Waals surface area contributed by atoms with Crippen LogP contribution in [0.3, 0.4) is 0 Å². The second-order valence-electron chi connectivity index (χ2n) is 3.00. The SMILES string of the molecule is CNC(C)C(=O)c1nnc(C)n1C. The Morgan fingerprint density at radius 2 is 2.15 bits per heavy atom. The summed E-state index contributed by atoms with van der Waals surface area (Å²) in [4.78, 5) is 11.6. The first-order chi connectivity index (χ1) is 6.07. The standard InChI is InChI=1S/C8H14N4O/c1-5(9-3)7(13)8-11-10-6(2)12(8)4/h5,9H,1-4H3. The number of rotatable bonds is 3. The highest BCUT2D eigenvalue weighted by Crippen LogP contribution is 2.01. The number of likely N-dealkylation sites (N-methyl/N-ethyl adjacent to an activating group) is 1. The topological polar surface area (TPSA) is 59.8 Å². The molecular weight excluding hydrogens is 168 g/mol. The number of carbonyl (C=O) groups is 1. The molecule has 5 heteroatoms. The van der Waals surface area contributed by atoms with Gasteiger partial charge in [0, 0.05) is 7.05 Å². The average molecular weight is 182 g/mol. The van der Waals surface area contributed by atoms with E-state index in [1.165, 1.54) is 0 Å². The molecule has 0 aromatic carbocycles. The molecule has 0 saturated carbocycles. The molecule has 1 aromatic rings. The maximum absolute atomic E-state index is 11.6. The van der Waals surface area contributed by atoms with Crippen molar-refractivity contribution in [2.24, 2.45) is 7.05 Å². The van der Waals surface area contributed by atoms with E-state index in [0.29, 0.717) is 5.82 Å². The largest absolute Gasteiger partial charge is 0.312 e. The molecule has 5 nitrogen and oxygen atoms in total. The summed E-state index contributed by atoms with van der Waals surface area (Å²) in [7, 11) is 3.52. The Morgan fingerprint density at radius 1 is 1.54 bits per heavy atom. The van der Waals surface area contributed by atoms with E-state index in [-0.39, 0.29) is 11.8 Å². The third-order valence-corrected chi connectivity index (χ3v) is 2.14. The van der Waals surface area contributed by atoms with Crippen LogP contribution in [0.25, 0.3) is 0 Å². The molecule has 0 radical (unpaired) electrons. The number of hydrogen-bond acceptors (Lipinski definition) is 4. The number of nitrogens with zero attached hydrogens (tertiary/aromatic N) is 3.